The first-order valence-corrected chi connectivity index (χ1v) is 26.2. The summed E-state index contributed by atoms with van der Waals surface area (Å²) in [5.41, 5.74) is 9.76. The van der Waals surface area contributed by atoms with Crippen LogP contribution in [0.2, 0.25) is 0 Å². The van der Waals surface area contributed by atoms with E-state index in [0.717, 1.165) is 68.6 Å². The number of nitrogens with zero attached hydrogens (tertiary/aromatic N) is 14. The lowest BCUT2D eigenvalue weighted by Gasteiger charge is -2.20. The lowest BCUT2D eigenvalue weighted by atomic mass is 10.1. The van der Waals surface area contributed by atoms with Gasteiger partial charge in [0.1, 0.15) is 42.1 Å². The number of aromatic nitrogens is 12. The van der Waals surface area contributed by atoms with Crippen molar-refractivity contribution in [2.75, 3.05) is 28.0 Å². The number of halogens is 1. The van der Waals surface area contributed by atoms with Crippen molar-refractivity contribution in [2.24, 2.45) is 0 Å². The van der Waals surface area contributed by atoms with Crippen molar-refractivity contribution in [1.82, 2.24) is 66.2 Å². The minimum atomic E-state index is -0.539. The molecule has 26 heteroatoms. The van der Waals surface area contributed by atoms with Gasteiger partial charge in [-0.1, -0.05) is 93.9 Å². The fourth-order valence-corrected chi connectivity index (χ4v) is 8.64. The summed E-state index contributed by atoms with van der Waals surface area (Å²) in [6.45, 7) is 8.72. The van der Waals surface area contributed by atoms with Crippen LogP contribution in [0.1, 0.15) is 53.3 Å². The quantitative estimate of drug-likeness (QED) is 0.0383. The van der Waals surface area contributed by atoms with Gasteiger partial charge >= 0.3 is 5.97 Å². The number of methoxy groups -OCH3 is 1. The molecule has 0 aliphatic heterocycles. The smallest absolute Gasteiger partial charge is 0.337 e. The van der Waals surface area contributed by atoms with Crippen molar-refractivity contribution >= 4 is 111 Å². The van der Waals surface area contributed by atoms with Crippen LogP contribution in [0.15, 0.2) is 151 Å². The summed E-state index contributed by atoms with van der Waals surface area (Å²) < 4.78 is 5.61. The van der Waals surface area contributed by atoms with Crippen LogP contribution in [0.25, 0.3) is 0 Å². The van der Waals surface area contributed by atoms with Gasteiger partial charge in [0.15, 0.2) is 0 Å². The summed E-state index contributed by atoms with van der Waals surface area (Å²) in [5.74, 6) is 1.47. The average molecular weight is 1150 g/mol. The summed E-state index contributed by atoms with van der Waals surface area (Å²) in [6.07, 6.45) is 6.95. The van der Waals surface area contributed by atoms with Crippen molar-refractivity contribution < 1.29 is 21.0 Å². The maximum Gasteiger partial charge on any atom is 0.337 e. The molecule has 386 valence electrons. The molecule has 0 atom stereocenters. The zero-order chi connectivity index (χ0) is 53.4. The first kappa shape index (κ1) is 56.2. The van der Waals surface area contributed by atoms with Crippen molar-refractivity contribution in [3.63, 3.8) is 0 Å². The predicted molar refractivity (Wildman–Crippen MR) is 298 cm³/mol. The number of esters is 1. The number of hydrogen-bond donors (Lipinski definition) is 4. The van der Waals surface area contributed by atoms with Crippen molar-refractivity contribution in [1.29, 1.82) is 0 Å². The van der Waals surface area contributed by atoms with E-state index in [9.17, 15) is 9.59 Å². The van der Waals surface area contributed by atoms with Crippen LogP contribution >= 0.6 is 61.3 Å². The summed E-state index contributed by atoms with van der Waals surface area (Å²) in [7, 11) is 1.37. The Kier molecular flexibility index (Phi) is 22.1. The van der Waals surface area contributed by atoms with Crippen LogP contribution in [-0.2, 0) is 17.8 Å². The third kappa shape index (κ3) is 18.7. The minimum absolute atomic E-state index is 0. The number of anilines is 7. The van der Waals surface area contributed by atoms with E-state index in [1.165, 1.54) is 52.5 Å². The number of hydrogen-bond acceptors (Lipinski definition) is 24. The van der Waals surface area contributed by atoms with Gasteiger partial charge in [-0.25, -0.2) is 30.2 Å². The molecule has 2 aromatic carbocycles. The van der Waals surface area contributed by atoms with Gasteiger partial charge in [-0.05, 0) is 128 Å². The molecule has 0 fully saturated rings. The summed E-state index contributed by atoms with van der Waals surface area (Å²) >= 11 is 9.11. The number of amides is 1. The summed E-state index contributed by atoms with van der Waals surface area (Å²) in [6, 6.07) is 37.1. The normalized spacial score (nSPS) is 10.1. The van der Waals surface area contributed by atoms with E-state index >= 15 is 0 Å². The third-order valence-corrected chi connectivity index (χ3v) is 12.9. The molecule has 0 spiro atoms. The van der Waals surface area contributed by atoms with E-state index in [0.29, 0.717) is 29.3 Å². The standard InChI is InChI=1S/C17H16N4O2S.C16H15N5O2S.C8H8N4S.C5H4BrN.C3H5N3S.H2/c1-12-19-20-17(24-12)21(15-5-3-4-10-18-15)11-13-6-8-14(9-7-13)16(22)23-2;1-11-18-19-16(24-11)21(14-4-2-3-9-17-14)10-12-5-7-13(8-6-12)15(22)20-23;1-6-11-12-8(13-6)10-7-4-2-3-5-9-7;6-5-3-1-2-4-7-5;1-2-5-6-3(4)7-2;/h3-10H,11H2,1-2H3;2-9,23H,10H2,1H3,(H,20,22);2-5H,1H3,(H,9,10,12);1-4H;1H3,(H2,4,6);1H. The van der Waals surface area contributed by atoms with Crippen LogP contribution in [0.4, 0.5) is 38.0 Å². The second-order valence-electron chi connectivity index (χ2n) is 14.9. The largest absolute Gasteiger partial charge is 0.465 e. The molecule has 8 heterocycles. The molecule has 8 aromatic heterocycles. The lowest BCUT2D eigenvalue weighted by molar-refractivity contribution is 0.0600. The Morgan fingerprint density at radius 2 is 1.04 bits per heavy atom. The zero-order valence-corrected chi connectivity index (χ0v) is 45.6. The molecule has 21 nitrogen and oxygen atoms in total. The monoisotopic (exact) mass is 1150 g/mol. The molecule has 10 aromatic rings. The maximum absolute atomic E-state index is 11.5. The Balaban J connectivity index is 0.000000190. The molecule has 1 amide bonds. The number of nitrogens with one attached hydrogen (secondary N) is 2. The number of nitrogens with two attached hydrogens (primary N) is 1. The number of ether oxygens (including phenoxy) is 1. The number of hydroxylamine groups is 1. The van der Waals surface area contributed by atoms with Crippen molar-refractivity contribution in [3.8, 4) is 0 Å². The maximum atomic E-state index is 11.5. The van der Waals surface area contributed by atoms with E-state index in [1.54, 1.807) is 54.5 Å². The molecule has 0 radical (unpaired) electrons. The van der Waals surface area contributed by atoms with Gasteiger partial charge in [-0.2, -0.15) is 0 Å². The molecule has 10 rings (SSSR count). The van der Waals surface area contributed by atoms with E-state index in [1.807, 2.05) is 135 Å². The first-order chi connectivity index (χ1) is 36.4. The van der Waals surface area contributed by atoms with Crippen LogP contribution in [0.3, 0.4) is 0 Å². The Morgan fingerprint density at radius 1 is 0.573 bits per heavy atom. The topological polar surface area (TPSA) is 275 Å². The Labute approximate surface area is 457 Å². The summed E-state index contributed by atoms with van der Waals surface area (Å²) in [4.78, 5) is 43.7. The molecule has 0 aliphatic rings. The second kappa shape index (κ2) is 29.5. The van der Waals surface area contributed by atoms with E-state index in [-0.39, 0.29) is 7.40 Å². The van der Waals surface area contributed by atoms with E-state index < -0.39 is 5.91 Å². The highest BCUT2D eigenvalue weighted by Gasteiger charge is 2.18. The van der Waals surface area contributed by atoms with Crippen LogP contribution in [0.5, 0.6) is 0 Å². The van der Waals surface area contributed by atoms with E-state index in [4.69, 9.17) is 15.7 Å². The molecule has 0 aliphatic carbocycles. The fraction of sp³-hybridized carbons (Fsp3) is 0.143. The number of carbonyl (C=O) groups excluding carboxylic acids is 2. The second-order valence-corrected chi connectivity index (χ2v) is 20.4. The molecule has 0 bridgehead atoms. The number of nitrogen functional groups attached to an aromatic ring is 1. The third-order valence-electron chi connectivity index (χ3n) is 9.31. The molecule has 0 unspecified atom stereocenters. The number of pyridine rings is 4. The van der Waals surface area contributed by atoms with Gasteiger partial charge in [0.05, 0.1) is 25.8 Å². The Bertz CT molecular complexity index is 3100. The minimum Gasteiger partial charge on any atom is -0.465 e. The lowest BCUT2D eigenvalue weighted by Crippen LogP contribution is -2.19. The van der Waals surface area contributed by atoms with Crippen LogP contribution in [-0.4, -0.2) is 84.9 Å². The summed E-state index contributed by atoms with van der Waals surface area (Å²) in [5, 5.41) is 49.8. The molecule has 0 saturated heterocycles. The number of benzene rings is 2. The highest BCUT2D eigenvalue weighted by molar-refractivity contribution is 9.10. The fourth-order valence-electron chi connectivity index (χ4n) is 5.91. The van der Waals surface area contributed by atoms with Crippen molar-refractivity contribution in [3.05, 3.63) is 193 Å². The Hall–Kier alpha value is -8.14. The van der Waals surface area contributed by atoms with Crippen LogP contribution in [0, 0.1) is 27.7 Å². The zero-order valence-electron chi connectivity index (χ0n) is 40.8. The SMILES string of the molecule is Brc1ccccn1.COC(=O)c1ccc(CN(c2ccccn2)c2nnc(C)s2)cc1.Cc1nnc(N(Cc2ccc(C(=O)NO)cc2)c2ccccn2)s1.Cc1nnc(N)s1.Cc1nnc(Nc2ccccn2)s1.[HH]. The van der Waals surface area contributed by atoms with Gasteiger partial charge < -0.3 is 15.8 Å². The van der Waals surface area contributed by atoms with E-state index in [2.05, 4.69) is 82.0 Å². The van der Waals surface area contributed by atoms with Gasteiger partial charge in [0.25, 0.3) is 5.91 Å². The molecular formula is C49H50BrN17O4S4. The molecule has 0 saturated carbocycles. The number of rotatable bonds is 12. The van der Waals surface area contributed by atoms with Crippen molar-refractivity contribution in [2.45, 2.75) is 40.8 Å². The van der Waals surface area contributed by atoms with Gasteiger partial charge in [-0.3, -0.25) is 19.8 Å². The highest BCUT2D eigenvalue weighted by Crippen LogP contribution is 2.30. The first-order valence-electron chi connectivity index (χ1n) is 22.2. The highest BCUT2D eigenvalue weighted by atomic mass is 79.9. The number of aryl methyl sites for hydroxylation is 4. The Morgan fingerprint density at radius 3 is 1.39 bits per heavy atom. The van der Waals surface area contributed by atoms with Crippen LogP contribution < -0.4 is 26.3 Å². The average Bonchev–Trinajstić information content (AvgIpc) is 4.27. The molecular weight excluding hydrogens is 1100 g/mol. The predicted octanol–water partition coefficient (Wildman–Crippen LogP) is 10.6. The van der Waals surface area contributed by atoms with Gasteiger partial charge in [0, 0.05) is 31.8 Å². The van der Waals surface area contributed by atoms with Gasteiger partial charge in [0.2, 0.25) is 20.5 Å². The molecule has 5 N–H and O–H groups in total. The number of carbonyl (C=O) groups is 2. The molecule has 75 heavy (non-hydrogen) atoms. The van der Waals surface area contributed by atoms with Gasteiger partial charge in [-0.15, -0.1) is 40.8 Å².